The van der Waals surface area contributed by atoms with Crippen molar-refractivity contribution in [1.82, 2.24) is 0 Å². The van der Waals surface area contributed by atoms with E-state index in [0.717, 1.165) is 38.5 Å². The Hall–Kier alpha value is 0.178. The van der Waals surface area contributed by atoms with Gasteiger partial charge in [0.25, 0.3) is 0 Å². The Morgan fingerprint density at radius 2 is 0.854 bits per heavy atom. The molecule has 0 aromatic heterocycles. The number of esters is 1. The van der Waals surface area contributed by atoms with Crippen LogP contribution in [0.1, 0.15) is 84.0 Å². The zero-order chi connectivity index (χ0) is 31.9. The Morgan fingerprint density at radius 3 is 1.20 bits per heavy atom. The summed E-state index contributed by atoms with van der Waals surface area (Å²) in [5.74, 6) is -0.130. The van der Waals surface area contributed by atoms with Gasteiger partial charge in [-0.2, -0.15) is 0 Å². The maximum Gasteiger partial charge on any atom is 0.305 e. The molecule has 0 aromatic carbocycles. The predicted molar refractivity (Wildman–Crippen MR) is 186 cm³/mol. The molecular formula is C31H70O6Si4. The van der Waals surface area contributed by atoms with Crippen LogP contribution in [0, 0.1) is 0 Å². The molecule has 0 aliphatic rings. The summed E-state index contributed by atoms with van der Waals surface area (Å²) in [5, 5.41) is 0. The Balaban J connectivity index is 6.16. The number of hydrogen-bond acceptors (Lipinski definition) is 6. The Labute approximate surface area is 259 Å². The normalized spacial score (nSPS) is 16.3. The van der Waals surface area contributed by atoms with E-state index in [1.54, 1.807) is 0 Å². The third kappa shape index (κ3) is 24.2. The van der Waals surface area contributed by atoms with E-state index in [1.165, 1.54) is 39.2 Å². The number of ether oxygens (including phenoxy) is 1. The van der Waals surface area contributed by atoms with Crippen molar-refractivity contribution in [3.05, 3.63) is 0 Å². The Kier molecular flexibility index (Phi) is 19.6. The van der Waals surface area contributed by atoms with E-state index in [4.69, 9.17) is 22.4 Å². The fourth-order valence-corrected chi connectivity index (χ4v) is 9.75. The molecule has 0 radical (unpaired) electrons. The van der Waals surface area contributed by atoms with Crippen molar-refractivity contribution >= 4 is 39.2 Å². The highest BCUT2D eigenvalue weighted by atomic mass is 28.4. The number of carbonyl (C=O) groups is 1. The van der Waals surface area contributed by atoms with Crippen LogP contribution in [0.25, 0.3) is 0 Å². The van der Waals surface area contributed by atoms with E-state index in [9.17, 15) is 4.79 Å². The molecule has 6 nitrogen and oxygen atoms in total. The molecule has 0 amide bonds. The predicted octanol–water partition coefficient (Wildman–Crippen LogP) is 9.74. The summed E-state index contributed by atoms with van der Waals surface area (Å²) in [7, 11) is -5.92. The topological polar surface area (TPSA) is 63.2 Å². The van der Waals surface area contributed by atoms with Gasteiger partial charge in [-0.1, -0.05) is 51.9 Å². The largest absolute Gasteiger partial charge is 0.469 e. The molecule has 41 heavy (non-hydrogen) atoms. The monoisotopic (exact) mass is 650 g/mol. The third-order valence-corrected chi connectivity index (χ3v) is 10.5. The first-order valence-electron chi connectivity index (χ1n) is 16.4. The van der Waals surface area contributed by atoms with Gasteiger partial charge in [0.2, 0.25) is 0 Å². The van der Waals surface area contributed by atoms with Crippen LogP contribution >= 0.6 is 0 Å². The summed E-state index contributed by atoms with van der Waals surface area (Å²) >= 11 is 0. The fraction of sp³-hybridized carbons (Fsp3) is 0.968. The van der Waals surface area contributed by atoms with Crippen molar-refractivity contribution in [3.8, 4) is 0 Å². The lowest BCUT2D eigenvalue weighted by atomic mass is 9.96. The van der Waals surface area contributed by atoms with Gasteiger partial charge in [0.15, 0.2) is 33.3 Å². The van der Waals surface area contributed by atoms with Crippen LogP contribution in [0.5, 0.6) is 0 Å². The summed E-state index contributed by atoms with van der Waals surface area (Å²) in [6.07, 6.45) is 12.4. The minimum absolute atomic E-state index is 0.00650. The van der Waals surface area contributed by atoms with Crippen LogP contribution in [-0.4, -0.2) is 70.8 Å². The highest BCUT2D eigenvalue weighted by molar-refractivity contribution is 6.71. The lowest BCUT2D eigenvalue weighted by Gasteiger charge is -2.42. The van der Waals surface area contributed by atoms with Gasteiger partial charge < -0.3 is 22.4 Å². The van der Waals surface area contributed by atoms with Crippen molar-refractivity contribution in [2.24, 2.45) is 0 Å². The lowest BCUT2D eigenvalue weighted by Crippen LogP contribution is -2.50. The molecule has 0 fully saturated rings. The van der Waals surface area contributed by atoms with Crippen LogP contribution in [0.3, 0.4) is 0 Å². The third-order valence-electron chi connectivity index (χ3n) is 6.50. The van der Waals surface area contributed by atoms with Gasteiger partial charge in [-0.15, -0.1) is 0 Å². The SMILES string of the molecule is CCCCCCCC(O[Si](C)(C)C)C(CC(O[Si](C)(C)C)C(CCCCCC(=O)OC)O[Si](C)(C)C)O[Si](C)(C)C. The molecule has 0 aliphatic heterocycles. The summed E-state index contributed by atoms with van der Waals surface area (Å²) in [4.78, 5) is 11.6. The minimum atomic E-state index is -1.88. The van der Waals surface area contributed by atoms with Gasteiger partial charge >= 0.3 is 5.97 Å². The van der Waals surface area contributed by atoms with Crippen LogP contribution in [-0.2, 0) is 27.2 Å². The average Bonchev–Trinajstić information content (AvgIpc) is 2.77. The number of methoxy groups -OCH3 is 1. The van der Waals surface area contributed by atoms with Gasteiger partial charge in [-0.3, -0.25) is 4.79 Å². The molecule has 4 unspecified atom stereocenters. The maximum absolute atomic E-state index is 11.6. The molecule has 0 aliphatic carbocycles. The van der Waals surface area contributed by atoms with Crippen LogP contribution < -0.4 is 0 Å². The summed E-state index contributed by atoms with van der Waals surface area (Å²) in [5.41, 5.74) is 0. The first kappa shape index (κ1) is 41.2. The molecule has 0 saturated carbocycles. The van der Waals surface area contributed by atoms with Gasteiger partial charge in [0.05, 0.1) is 31.5 Å². The van der Waals surface area contributed by atoms with E-state index in [2.05, 4.69) is 85.5 Å². The van der Waals surface area contributed by atoms with E-state index in [1.807, 2.05) is 0 Å². The van der Waals surface area contributed by atoms with Crippen molar-refractivity contribution in [2.75, 3.05) is 7.11 Å². The second kappa shape index (κ2) is 19.5. The zero-order valence-electron chi connectivity index (χ0n) is 29.7. The van der Waals surface area contributed by atoms with Crippen LogP contribution in [0.2, 0.25) is 78.6 Å². The highest BCUT2D eigenvalue weighted by Crippen LogP contribution is 2.30. The number of carbonyl (C=O) groups excluding carboxylic acids is 1. The molecule has 4 atom stereocenters. The quantitative estimate of drug-likeness (QED) is 0.0589. The fourth-order valence-electron chi connectivity index (χ4n) is 5.08. The number of unbranched alkanes of at least 4 members (excludes halogenated alkanes) is 6. The van der Waals surface area contributed by atoms with E-state index in [0.29, 0.717) is 6.42 Å². The van der Waals surface area contributed by atoms with E-state index in [-0.39, 0.29) is 30.4 Å². The average molecular weight is 651 g/mol. The van der Waals surface area contributed by atoms with Gasteiger partial charge in [0.1, 0.15) is 0 Å². The molecule has 246 valence electrons. The summed E-state index contributed by atoms with van der Waals surface area (Å²) in [6.45, 7) is 29.7. The molecule has 0 bridgehead atoms. The first-order chi connectivity index (χ1) is 18.7. The van der Waals surface area contributed by atoms with Crippen molar-refractivity contribution in [1.29, 1.82) is 0 Å². The Morgan fingerprint density at radius 1 is 0.512 bits per heavy atom. The molecule has 0 spiro atoms. The minimum Gasteiger partial charge on any atom is -0.469 e. The first-order valence-corrected chi connectivity index (χ1v) is 30.1. The lowest BCUT2D eigenvalue weighted by molar-refractivity contribution is -0.140. The molecule has 0 saturated heterocycles. The van der Waals surface area contributed by atoms with E-state index < -0.39 is 33.3 Å². The summed E-state index contributed by atoms with van der Waals surface area (Å²) < 4.78 is 32.7. The van der Waals surface area contributed by atoms with Crippen LogP contribution in [0.4, 0.5) is 0 Å². The van der Waals surface area contributed by atoms with Gasteiger partial charge in [0, 0.05) is 12.8 Å². The smallest absolute Gasteiger partial charge is 0.305 e. The highest BCUT2D eigenvalue weighted by Gasteiger charge is 2.38. The number of rotatable bonds is 24. The standard InChI is InChI=1S/C31H70O6Si4/c1-15-16-17-18-20-23-27(34-38(3,4)5)29(36-40(9,10)11)26-30(37-41(12,13)14)28(35-39(6,7)8)24-21-19-22-25-31(32)33-2/h27-30H,15-26H2,1-14H3. The molecule has 10 heteroatoms. The second-order valence-electron chi connectivity index (χ2n) is 15.7. The van der Waals surface area contributed by atoms with Gasteiger partial charge in [-0.05, 0) is 97.8 Å². The molecule has 0 heterocycles. The van der Waals surface area contributed by atoms with Crippen molar-refractivity contribution in [3.63, 3.8) is 0 Å². The molecule has 0 aromatic rings. The maximum atomic E-state index is 11.6. The molecule has 0 rings (SSSR count). The number of hydrogen-bond donors (Lipinski definition) is 0. The Bertz CT molecular complexity index is 695. The van der Waals surface area contributed by atoms with Gasteiger partial charge in [-0.25, -0.2) is 0 Å². The van der Waals surface area contributed by atoms with E-state index >= 15 is 0 Å². The van der Waals surface area contributed by atoms with Crippen molar-refractivity contribution in [2.45, 2.75) is 187 Å². The summed E-state index contributed by atoms with van der Waals surface area (Å²) in [6, 6.07) is 0. The van der Waals surface area contributed by atoms with Crippen LogP contribution in [0.15, 0.2) is 0 Å². The zero-order valence-corrected chi connectivity index (χ0v) is 33.7. The van der Waals surface area contributed by atoms with Crippen molar-refractivity contribution < 1.29 is 27.2 Å². The second-order valence-corrected chi connectivity index (χ2v) is 33.5. The molecular weight excluding hydrogens is 581 g/mol. The molecule has 0 N–H and O–H groups in total.